The molecule has 0 saturated carbocycles. The molecule has 0 fully saturated rings. The Kier molecular flexibility index (Phi) is 4.11. The number of carbonyl (C=O) groups is 1. The van der Waals surface area contributed by atoms with Crippen molar-refractivity contribution in [3.63, 3.8) is 0 Å². The van der Waals surface area contributed by atoms with Crippen LogP contribution in [0.3, 0.4) is 0 Å². The first kappa shape index (κ1) is 10.7. The van der Waals surface area contributed by atoms with Gasteiger partial charge in [-0.15, -0.1) is 0 Å². The zero-order chi connectivity index (χ0) is 10.4. The lowest BCUT2D eigenvalue weighted by atomic mass is 10.1. The van der Waals surface area contributed by atoms with Crippen molar-refractivity contribution in [1.29, 1.82) is 0 Å². The number of anilines is 1. The highest BCUT2D eigenvalue weighted by Crippen LogP contribution is 2.06. The standard InChI is InChI=1S/C11H16N2O/c1-2-3-4-10(14)7-9-5-6-13-11(12)8-9/h5-6,8H,2-4,7H2,1H3,(H2,12,13). The molecule has 2 N–H and O–H groups in total. The van der Waals surface area contributed by atoms with Gasteiger partial charge >= 0.3 is 0 Å². The summed E-state index contributed by atoms with van der Waals surface area (Å²) in [6, 6.07) is 3.59. The number of ketones is 1. The van der Waals surface area contributed by atoms with Gasteiger partial charge < -0.3 is 5.73 Å². The Bertz CT molecular complexity index is 310. The number of hydrogen-bond acceptors (Lipinski definition) is 3. The third kappa shape index (κ3) is 3.56. The number of nitrogen functional groups attached to an aromatic ring is 1. The molecule has 0 aliphatic rings. The summed E-state index contributed by atoms with van der Waals surface area (Å²) < 4.78 is 0. The second kappa shape index (κ2) is 5.37. The van der Waals surface area contributed by atoms with Crippen molar-refractivity contribution in [2.45, 2.75) is 32.6 Å². The Labute approximate surface area is 84.3 Å². The van der Waals surface area contributed by atoms with Gasteiger partial charge in [0, 0.05) is 19.0 Å². The molecule has 1 aromatic heterocycles. The number of unbranched alkanes of at least 4 members (excludes halogenated alkanes) is 1. The van der Waals surface area contributed by atoms with Crippen molar-refractivity contribution >= 4 is 11.6 Å². The van der Waals surface area contributed by atoms with Gasteiger partial charge in [0.1, 0.15) is 11.6 Å². The Morgan fingerprint density at radius 1 is 1.57 bits per heavy atom. The zero-order valence-electron chi connectivity index (χ0n) is 8.49. The van der Waals surface area contributed by atoms with Gasteiger partial charge in [0.2, 0.25) is 0 Å². The number of aromatic nitrogens is 1. The molecule has 0 unspecified atom stereocenters. The van der Waals surface area contributed by atoms with Crippen molar-refractivity contribution in [1.82, 2.24) is 4.98 Å². The quantitative estimate of drug-likeness (QED) is 0.776. The number of carbonyl (C=O) groups excluding carboxylic acids is 1. The predicted octanol–water partition coefficient (Wildman–Crippen LogP) is 1.97. The van der Waals surface area contributed by atoms with Crippen LogP contribution < -0.4 is 5.73 Å². The van der Waals surface area contributed by atoms with Crippen molar-refractivity contribution < 1.29 is 4.79 Å². The van der Waals surface area contributed by atoms with Crippen LogP contribution in [0.2, 0.25) is 0 Å². The van der Waals surface area contributed by atoms with Crippen LogP contribution in [0.4, 0.5) is 5.82 Å². The third-order valence-corrected chi connectivity index (χ3v) is 2.06. The lowest BCUT2D eigenvalue weighted by Crippen LogP contribution is -2.03. The van der Waals surface area contributed by atoms with E-state index < -0.39 is 0 Å². The van der Waals surface area contributed by atoms with Crippen LogP contribution in [0.5, 0.6) is 0 Å². The van der Waals surface area contributed by atoms with Crippen molar-refractivity contribution in [3.8, 4) is 0 Å². The number of nitrogens with two attached hydrogens (primary N) is 1. The maximum atomic E-state index is 11.4. The number of pyridine rings is 1. The molecule has 0 saturated heterocycles. The highest BCUT2D eigenvalue weighted by atomic mass is 16.1. The second-order valence-electron chi connectivity index (χ2n) is 3.41. The van der Waals surface area contributed by atoms with Gasteiger partial charge in [-0.1, -0.05) is 13.3 Å². The molecule has 3 heteroatoms. The lowest BCUT2D eigenvalue weighted by Gasteiger charge is -2.00. The van der Waals surface area contributed by atoms with E-state index in [-0.39, 0.29) is 5.78 Å². The zero-order valence-corrected chi connectivity index (χ0v) is 8.49. The summed E-state index contributed by atoms with van der Waals surface area (Å²) in [5, 5.41) is 0. The average Bonchev–Trinajstić information content (AvgIpc) is 2.15. The van der Waals surface area contributed by atoms with Gasteiger partial charge in [-0.25, -0.2) is 4.98 Å². The van der Waals surface area contributed by atoms with Crippen molar-refractivity contribution in [3.05, 3.63) is 23.9 Å². The predicted molar refractivity (Wildman–Crippen MR) is 56.9 cm³/mol. The van der Waals surface area contributed by atoms with Gasteiger partial charge in [0.25, 0.3) is 0 Å². The van der Waals surface area contributed by atoms with E-state index in [1.54, 1.807) is 12.3 Å². The van der Waals surface area contributed by atoms with E-state index in [4.69, 9.17) is 5.73 Å². The molecule has 0 aromatic carbocycles. The monoisotopic (exact) mass is 192 g/mol. The fourth-order valence-electron chi connectivity index (χ4n) is 1.29. The SMILES string of the molecule is CCCCC(=O)Cc1ccnc(N)c1. The summed E-state index contributed by atoms with van der Waals surface area (Å²) in [4.78, 5) is 15.3. The highest BCUT2D eigenvalue weighted by molar-refractivity contribution is 5.80. The van der Waals surface area contributed by atoms with Gasteiger partial charge in [-0.3, -0.25) is 4.79 Å². The number of hydrogen-bond donors (Lipinski definition) is 1. The Hall–Kier alpha value is -1.38. The normalized spacial score (nSPS) is 10.1. The first-order valence-electron chi connectivity index (χ1n) is 4.94. The molecule has 76 valence electrons. The first-order chi connectivity index (χ1) is 6.72. The van der Waals surface area contributed by atoms with Crippen molar-refractivity contribution in [2.24, 2.45) is 0 Å². The van der Waals surface area contributed by atoms with Crippen LogP contribution >= 0.6 is 0 Å². The smallest absolute Gasteiger partial charge is 0.137 e. The molecule has 0 aliphatic heterocycles. The summed E-state index contributed by atoms with van der Waals surface area (Å²) in [5.41, 5.74) is 6.47. The molecule has 1 rings (SSSR count). The van der Waals surface area contributed by atoms with E-state index in [2.05, 4.69) is 11.9 Å². The largest absolute Gasteiger partial charge is 0.384 e. The molecule has 0 radical (unpaired) electrons. The average molecular weight is 192 g/mol. The summed E-state index contributed by atoms with van der Waals surface area (Å²) in [6.07, 6.45) is 4.81. The van der Waals surface area contributed by atoms with Gasteiger partial charge in [-0.05, 0) is 24.1 Å². The molecule has 0 aliphatic carbocycles. The van der Waals surface area contributed by atoms with E-state index >= 15 is 0 Å². The Balaban J connectivity index is 2.47. The van der Waals surface area contributed by atoms with Gasteiger partial charge in [0.05, 0.1) is 0 Å². The summed E-state index contributed by atoms with van der Waals surface area (Å²) >= 11 is 0. The minimum Gasteiger partial charge on any atom is -0.384 e. The summed E-state index contributed by atoms with van der Waals surface area (Å²) in [6.45, 7) is 2.08. The summed E-state index contributed by atoms with van der Waals surface area (Å²) in [7, 11) is 0. The molecular formula is C11H16N2O. The number of rotatable bonds is 5. The summed E-state index contributed by atoms with van der Waals surface area (Å²) in [5.74, 6) is 0.753. The highest BCUT2D eigenvalue weighted by Gasteiger charge is 2.03. The minimum absolute atomic E-state index is 0.275. The van der Waals surface area contributed by atoms with Crippen LogP contribution in [-0.2, 0) is 11.2 Å². The van der Waals surface area contributed by atoms with Crippen molar-refractivity contribution in [2.75, 3.05) is 5.73 Å². The minimum atomic E-state index is 0.275. The first-order valence-corrected chi connectivity index (χ1v) is 4.94. The Morgan fingerprint density at radius 2 is 2.36 bits per heavy atom. The van der Waals surface area contributed by atoms with E-state index in [9.17, 15) is 4.79 Å². The third-order valence-electron chi connectivity index (χ3n) is 2.06. The van der Waals surface area contributed by atoms with Crippen LogP contribution in [0.1, 0.15) is 31.7 Å². The van der Waals surface area contributed by atoms with E-state index in [0.29, 0.717) is 18.7 Å². The Morgan fingerprint density at radius 3 is 3.00 bits per heavy atom. The fourth-order valence-corrected chi connectivity index (χ4v) is 1.29. The van der Waals surface area contributed by atoms with Gasteiger partial charge in [-0.2, -0.15) is 0 Å². The lowest BCUT2D eigenvalue weighted by molar-refractivity contribution is -0.118. The maximum Gasteiger partial charge on any atom is 0.137 e. The topological polar surface area (TPSA) is 56.0 Å². The number of Topliss-reactive ketones (excluding diaryl/α,β-unsaturated/α-hetero) is 1. The van der Waals surface area contributed by atoms with Crippen LogP contribution in [0.25, 0.3) is 0 Å². The molecule has 0 spiro atoms. The molecule has 0 amide bonds. The van der Waals surface area contributed by atoms with E-state index in [0.717, 1.165) is 18.4 Å². The second-order valence-corrected chi connectivity index (χ2v) is 3.41. The molecule has 14 heavy (non-hydrogen) atoms. The molecule has 3 nitrogen and oxygen atoms in total. The van der Waals surface area contributed by atoms with Crippen LogP contribution in [0, 0.1) is 0 Å². The van der Waals surface area contributed by atoms with Gasteiger partial charge in [0.15, 0.2) is 0 Å². The fraction of sp³-hybridized carbons (Fsp3) is 0.455. The van der Waals surface area contributed by atoms with Crippen LogP contribution in [0.15, 0.2) is 18.3 Å². The molecular weight excluding hydrogens is 176 g/mol. The maximum absolute atomic E-state index is 11.4. The van der Waals surface area contributed by atoms with E-state index in [1.165, 1.54) is 0 Å². The molecule has 0 bridgehead atoms. The van der Waals surface area contributed by atoms with Crippen LogP contribution in [-0.4, -0.2) is 10.8 Å². The number of nitrogens with zero attached hydrogens (tertiary/aromatic N) is 1. The molecule has 1 heterocycles. The van der Waals surface area contributed by atoms with E-state index in [1.807, 2.05) is 6.07 Å². The molecule has 0 atom stereocenters. The molecule has 1 aromatic rings.